The first-order valence-corrected chi connectivity index (χ1v) is 5.18. The number of allylic oxidation sites excluding steroid dienone is 1. The fourth-order valence-electron chi connectivity index (χ4n) is 1.48. The molecule has 1 rings (SSSR count). The van der Waals surface area contributed by atoms with E-state index in [2.05, 4.69) is 0 Å². The predicted molar refractivity (Wildman–Crippen MR) is 63.1 cm³/mol. The Morgan fingerprint density at radius 2 is 2.19 bits per heavy atom. The standard InChI is InChI=1S/C13H16O3/c1-4-5-10(13(15)16-3)11-8-9(2)6-7-12(11)14/h5-8,14H,4H2,1-3H3/b10-5-. The van der Waals surface area contributed by atoms with Gasteiger partial charge in [0.05, 0.1) is 12.7 Å². The summed E-state index contributed by atoms with van der Waals surface area (Å²) in [6.45, 7) is 3.83. The van der Waals surface area contributed by atoms with Crippen LogP contribution in [0.1, 0.15) is 24.5 Å². The summed E-state index contributed by atoms with van der Waals surface area (Å²) in [5, 5.41) is 9.73. The molecule has 0 spiro atoms. The average Bonchev–Trinajstić information content (AvgIpc) is 2.28. The number of methoxy groups -OCH3 is 1. The third kappa shape index (κ3) is 2.63. The molecule has 0 saturated carbocycles. The number of carbonyl (C=O) groups excluding carboxylic acids is 1. The zero-order valence-corrected chi connectivity index (χ0v) is 9.78. The Bertz CT molecular complexity index is 419. The van der Waals surface area contributed by atoms with Crippen LogP contribution >= 0.6 is 0 Å². The summed E-state index contributed by atoms with van der Waals surface area (Å²) in [5.41, 5.74) is 1.92. The molecule has 0 saturated heterocycles. The molecule has 86 valence electrons. The van der Waals surface area contributed by atoms with Crippen LogP contribution in [0.2, 0.25) is 0 Å². The number of aryl methyl sites for hydroxylation is 1. The quantitative estimate of drug-likeness (QED) is 0.629. The van der Waals surface area contributed by atoms with Gasteiger partial charge >= 0.3 is 5.97 Å². The molecular weight excluding hydrogens is 204 g/mol. The van der Waals surface area contributed by atoms with Crippen molar-refractivity contribution >= 4 is 11.5 Å². The number of aromatic hydroxyl groups is 1. The maximum atomic E-state index is 11.6. The van der Waals surface area contributed by atoms with Crippen molar-refractivity contribution in [2.45, 2.75) is 20.3 Å². The zero-order valence-electron chi connectivity index (χ0n) is 9.78. The van der Waals surface area contributed by atoms with Gasteiger partial charge in [-0.1, -0.05) is 24.6 Å². The maximum absolute atomic E-state index is 11.6. The second-order valence-electron chi connectivity index (χ2n) is 3.54. The highest BCUT2D eigenvalue weighted by Gasteiger charge is 2.15. The van der Waals surface area contributed by atoms with Crippen molar-refractivity contribution in [2.24, 2.45) is 0 Å². The van der Waals surface area contributed by atoms with Crippen LogP contribution in [0, 0.1) is 6.92 Å². The minimum absolute atomic E-state index is 0.0932. The molecule has 0 aliphatic rings. The molecule has 0 amide bonds. The highest BCUT2D eigenvalue weighted by Crippen LogP contribution is 2.27. The van der Waals surface area contributed by atoms with E-state index >= 15 is 0 Å². The minimum atomic E-state index is -0.428. The third-order valence-electron chi connectivity index (χ3n) is 2.26. The number of ether oxygens (including phenoxy) is 1. The lowest BCUT2D eigenvalue weighted by molar-refractivity contribution is -0.133. The summed E-state index contributed by atoms with van der Waals surface area (Å²) in [5.74, 6) is -0.335. The monoisotopic (exact) mass is 220 g/mol. The van der Waals surface area contributed by atoms with Crippen molar-refractivity contribution in [3.63, 3.8) is 0 Å². The topological polar surface area (TPSA) is 46.5 Å². The van der Waals surface area contributed by atoms with E-state index in [1.807, 2.05) is 13.8 Å². The lowest BCUT2D eigenvalue weighted by atomic mass is 10.0. The Morgan fingerprint density at radius 3 is 2.75 bits per heavy atom. The first-order valence-electron chi connectivity index (χ1n) is 5.18. The lowest BCUT2D eigenvalue weighted by Crippen LogP contribution is -2.04. The van der Waals surface area contributed by atoms with Gasteiger partial charge in [-0.3, -0.25) is 0 Å². The van der Waals surface area contributed by atoms with Gasteiger partial charge in [-0.05, 0) is 25.5 Å². The second kappa shape index (κ2) is 5.35. The van der Waals surface area contributed by atoms with Crippen LogP contribution in [0.4, 0.5) is 0 Å². The van der Waals surface area contributed by atoms with Crippen LogP contribution in [0.5, 0.6) is 5.75 Å². The molecule has 16 heavy (non-hydrogen) atoms. The predicted octanol–water partition coefficient (Wildman–Crippen LogP) is 2.67. The smallest absolute Gasteiger partial charge is 0.338 e. The number of carbonyl (C=O) groups is 1. The van der Waals surface area contributed by atoms with Crippen LogP contribution in [0.15, 0.2) is 24.3 Å². The molecule has 0 radical (unpaired) electrons. The van der Waals surface area contributed by atoms with E-state index in [4.69, 9.17) is 4.74 Å². The third-order valence-corrected chi connectivity index (χ3v) is 2.26. The summed E-state index contributed by atoms with van der Waals surface area (Å²) in [6, 6.07) is 5.14. The van der Waals surface area contributed by atoms with Gasteiger partial charge < -0.3 is 9.84 Å². The van der Waals surface area contributed by atoms with E-state index in [-0.39, 0.29) is 5.75 Å². The molecule has 3 heteroatoms. The van der Waals surface area contributed by atoms with Crippen LogP contribution in [-0.4, -0.2) is 18.2 Å². The van der Waals surface area contributed by atoms with Gasteiger partial charge in [0.15, 0.2) is 0 Å². The molecule has 0 bridgehead atoms. The van der Waals surface area contributed by atoms with Gasteiger partial charge in [-0.2, -0.15) is 0 Å². The Hall–Kier alpha value is -1.77. The number of hydrogen-bond donors (Lipinski definition) is 1. The molecule has 0 unspecified atom stereocenters. The first-order chi connectivity index (χ1) is 7.60. The van der Waals surface area contributed by atoms with Gasteiger partial charge in [0, 0.05) is 5.56 Å². The maximum Gasteiger partial charge on any atom is 0.338 e. The fraction of sp³-hybridized carbons (Fsp3) is 0.308. The molecule has 0 aliphatic carbocycles. The molecule has 0 aromatic heterocycles. The van der Waals surface area contributed by atoms with E-state index in [9.17, 15) is 9.90 Å². The van der Waals surface area contributed by atoms with E-state index in [0.717, 1.165) is 5.56 Å². The zero-order chi connectivity index (χ0) is 12.1. The van der Waals surface area contributed by atoms with Crippen molar-refractivity contribution < 1.29 is 14.6 Å². The number of phenols is 1. The summed E-state index contributed by atoms with van der Waals surface area (Å²) >= 11 is 0. The second-order valence-corrected chi connectivity index (χ2v) is 3.54. The van der Waals surface area contributed by atoms with Crippen molar-refractivity contribution in [3.8, 4) is 5.75 Å². The molecule has 0 atom stereocenters. The lowest BCUT2D eigenvalue weighted by Gasteiger charge is -2.08. The van der Waals surface area contributed by atoms with Crippen molar-refractivity contribution in [3.05, 3.63) is 35.4 Å². The summed E-state index contributed by atoms with van der Waals surface area (Å²) in [4.78, 5) is 11.6. The highest BCUT2D eigenvalue weighted by molar-refractivity contribution is 6.17. The fourth-order valence-corrected chi connectivity index (χ4v) is 1.48. The average molecular weight is 220 g/mol. The molecule has 1 aromatic carbocycles. The Labute approximate surface area is 95.4 Å². The molecule has 0 fully saturated rings. The van der Waals surface area contributed by atoms with Crippen LogP contribution in [-0.2, 0) is 9.53 Å². The van der Waals surface area contributed by atoms with Crippen molar-refractivity contribution in [1.29, 1.82) is 0 Å². The van der Waals surface area contributed by atoms with Gasteiger partial charge in [-0.25, -0.2) is 4.79 Å². The van der Waals surface area contributed by atoms with Crippen molar-refractivity contribution in [1.82, 2.24) is 0 Å². The summed E-state index contributed by atoms with van der Waals surface area (Å²) in [6.07, 6.45) is 2.46. The minimum Gasteiger partial charge on any atom is -0.507 e. The summed E-state index contributed by atoms with van der Waals surface area (Å²) in [7, 11) is 1.33. The van der Waals surface area contributed by atoms with E-state index in [1.165, 1.54) is 7.11 Å². The highest BCUT2D eigenvalue weighted by atomic mass is 16.5. The Kier molecular flexibility index (Phi) is 4.11. The molecule has 1 N–H and O–H groups in total. The SMILES string of the molecule is CC/C=C(\C(=O)OC)c1cc(C)ccc1O. The number of benzene rings is 1. The van der Waals surface area contributed by atoms with Gasteiger partial charge in [0.2, 0.25) is 0 Å². The van der Waals surface area contributed by atoms with Gasteiger partial charge in [-0.15, -0.1) is 0 Å². The number of esters is 1. The number of hydrogen-bond acceptors (Lipinski definition) is 3. The Balaban J connectivity index is 3.26. The van der Waals surface area contributed by atoms with E-state index in [1.54, 1.807) is 24.3 Å². The largest absolute Gasteiger partial charge is 0.507 e. The van der Waals surface area contributed by atoms with E-state index in [0.29, 0.717) is 17.6 Å². The molecule has 3 nitrogen and oxygen atoms in total. The Morgan fingerprint density at radius 1 is 1.50 bits per heavy atom. The van der Waals surface area contributed by atoms with Crippen LogP contribution < -0.4 is 0 Å². The summed E-state index contributed by atoms with van der Waals surface area (Å²) < 4.78 is 4.70. The van der Waals surface area contributed by atoms with Crippen LogP contribution in [0.25, 0.3) is 5.57 Å². The van der Waals surface area contributed by atoms with E-state index < -0.39 is 5.97 Å². The molecular formula is C13H16O3. The van der Waals surface area contributed by atoms with Gasteiger partial charge in [0.1, 0.15) is 5.75 Å². The molecule has 1 aromatic rings. The normalized spacial score (nSPS) is 11.3. The number of rotatable bonds is 3. The van der Waals surface area contributed by atoms with Gasteiger partial charge in [0.25, 0.3) is 0 Å². The van der Waals surface area contributed by atoms with Crippen LogP contribution in [0.3, 0.4) is 0 Å². The molecule has 0 aliphatic heterocycles. The van der Waals surface area contributed by atoms with Crippen molar-refractivity contribution in [2.75, 3.05) is 7.11 Å². The molecule has 0 heterocycles. The number of phenolic OH excluding ortho intramolecular Hbond substituents is 1. The first kappa shape index (κ1) is 12.3.